The first-order valence-corrected chi connectivity index (χ1v) is 12.8. The quantitative estimate of drug-likeness (QED) is 0.168. The standard InChI is InChI=1S/C26H45N3O3/c1-4-7-8-9-10-11-12-13-14-15-16-17-18-19-20-21-23(30)27-26-28-24(31-5-2)22-25(29-26)32-6-3/h13-14,22H,4-12,15-21H2,1-3H3,(H,27,28,29,30)/b14-13-. The first-order chi connectivity index (χ1) is 15.7. The van der Waals surface area contributed by atoms with Crippen molar-refractivity contribution in [3.8, 4) is 11.8 Å². The number of anilines is 1. The van der Waals surface area contributed by atoms with E-state index in [-0.39, 0.29) is 11.9 Å². The number of hydrogen-bond acceptors (Lipinski definition) is 5. The van der Waals surface area contributed by atoms with Crippen molar-refractivity contribution in [2.75, 3.05) is 18.5 Å². The highest BCUT2D eigenvalue weighted by molar-refractivity contribution is 5.88. The highest BCUT2D eigenvalue weighted by Crippen LogP contribution is 2.18. The molecule has 182 valence electrons. The number of nitrogens with one attached hydrogen (secondary N) is 1. The Morgan fingerprint density at radius 3 is 1.81 bits per heavy atom. The summed E-state index contributed by atoms with van der Waals surface area (Å²) in [4.78, 5) is 20.6. The number of rotatable bonds is 20. The first-order valence-electron chi connectivity index (χ1n) is 12.8. The lowest BCUT2D eigenvalue weighted by Gasteiger charge is -2.09. The normalized spacial score (nSPS) is 11.1. The third kappa shape index (κ3) is 14.8. The average molecular weight is 448 g/mol. The second-order valence-corrected chi connectivity index (χ2v) is 8.12. The van der Waals surface area contributed by atoms with Crippen LogP contribution in [0.25, 0.3) is 0 Å². The Balaban J connectivity index is 2.07. The minimum absolute atomic E-state index is 0.0706. The monoisotopic (exact) mass is 447 g/mol. The van der Waals surface area contributed by atoms with Gasteiger partial charge in [0.05, 0.1) is 19.3 Å². The Labute approximate surface area is 195 Å². The Bertz CT molecular complexity index is 610. The predicted octanol–water partition coefficient (Wildman–Crippen LogP) is 7.25. The summed E-state index contributed by atoms with van der Waals surface area (Å²) in [5.74, 6) is 0.973. The number of unbranched alkanes of at least 4 members (excludes halogenated alkanes) is 11. The van der Waals surface area contributed by atoms with E-state index in [0.29, 0.717) is 31.4 Å². The lowest BCUT2D eigenvalue weighted by atomic mass is 10.1. The number of hydrogen-bond donors (Lipinski definition) is 1. The molecule has 0 fully saturated rings. The van der Waals surface area contributed by atoms with E-state index in [1.54, 1.807) is 6.07 Å². The van der Waals surface area contributed by atoms with E-state index >= 15 is 0 Å². The zero-order valence-electron chi connectivity index (χ0n) is 20.7. The number of amides is 1. The van der Waals surface area contributed by atoms with Crippen LogP contribution in [0.5, 0.6) is 11.8 Å². The molecule has 1 heterocycles. The van der Waals surface area contributed by atoms with Gasteiger partial charge in [-0.2, -0.15) is 9.97 Å². The fourth-order valence-corrected chi connectivity index (χ4v) is 3.45. The summed E-state index contributed by atoms with van der Waals surface area (Å²) < 4.78 is 10.8. The van der Waals surface area contributed by atoms with Crippen LogP contribution in [0.3, 0.4) is 0 Å². The first kappa shape index (κ1) is 27.9. The molecule has 0 bridgehead atoms. The summed E-state index contributed by atoms with van der Waals surface area (Å²) in [6.07, 6.45) is 21.3. The molecule has 1 aromatic heterocycles. The topological polar surface area (TPSA) is 73.3 Å². The summed E-state index contributed by atoms with van der Waals surface area (Å²) >= 11 is 0. The van der Waals surface area contributed by atoms with Gasteiger partial charge in [0.1, 0.15) is 0 Å². The van der Waals surface area contributed by atoms with Gasteiger partial charge in [-0.05, 0) is 46.0 Å². The number of aromatic nitrogens is 2. The molecule has 1 N–H and O–H groups in total. The second kappa shape index (κ2) is 19.6. The van der Waals surface area contributed by atoms with Crippen LogP contribution in [0, 0.1) is 0 Å². The van der Waals surface area contributed by atoms with Crippen LogP contribution in [-0.2, 0) is 4.79 Å². The van der Waals surface area contributed by atoms with Gasteiger partial charge in [-0.3, -0.25) is 10.1 Å². The van der Waals surface area contributed by atoms with Crippen LogP contribution in [0.1, 0.15) is 111 Å². The lowest BCUT2D eigenvalue weighted by molar-refractivity contribution is -0.116. The smallest absolute Gasteiger partial charge is 0.236 e. The van der Waals surface area contributed by atoms with Gasteiger partial charge in [0.25, 0.3) is 0 Å². The maximum Gasteiger partial charge on any atom is 0.236 e. The minimum atomic E-state index is -0.0706. The van der Waals surface area contributed by atoms with Crippen LogP contribution < -0.4 is 14.8 Å². The van der Waals surface area contributed by atoms with E-state index in [0.717, 1.165) is 12.8 Å². The van der Waals surface area contributed by atoms with Crippen molar-refractivity contribution in [1.29, 1.82) is 0 Å². The average Bonchev–Trinajstić information content (AvgIpc) is 2.77. The molecule has 0 radical (unpaired) electrons. The molecule has 0 spiro atoms. The number of carbonyl (C=O) groups excluding carboxylic acids is 1. The van der Waals surface area contributed by atoms with E-state index in [2.05, 4.69) is 34.4 Å². The molecule has 1 aromatic rings. The van der Waals surface area contributed by atoms with Gasteiger partial charge < -0.3 is 9.47 Å². The molecule has 0 aliphatic heterocycles. The summed E-state index contributed by atoms with van der Waals surface area (Å²) in [6.45, 7) is 7.01. The lowest BCUT2D eigenvalue weighted by Crippen LogP contribution is -2.14. The number of ether oxygens (including phenoxy) is 2. The molecular formula is C26H45N3O3. The van der Waals surface area contributed by atoms with E-state index < -0.39 is 0 Å². The summed E-state index contributed by atoms with van der Waals surface area (Å²) in [5.41, 5.74) is 0. The maximum absolute atomic E-state index is 12.2. The van der Waals surface area contributed by atoms with Crippen molar-refractivity contribution in [3.63, 3.8) is 0 Å². The van der Waals surface area contributed by atoms with Crippen molar-refractivity contribution in [2.24, 2.45) is 0 Å². The van der Waals surface area contributed by atoms with Gasteiger partial charge in [-0.25, -0.2) is 0 Å². The van der Waals surface area contributed by atoms with Crippen molar-refractivity contribution >= 4 is 11.9 Å². The molecule has 32 heavy (non-hydrogen) atoms. The van der Waals surface area contributed by atoms with E-state index in [4.69, 9.17) is 9.47 Å². The Morgan fingerprint density at radius 2 is 1.28 bits per heavy atom. The van der Waals surface area contributed by atoms with Crippen LogP contribution in [-0.4, -0.2) is 29.1 Å². The predicted molar refractivity (Wildman–Crippen MR) is 132 cm³/mol. The fourth-order valence-electron chi connectivity index (χ4n) is 3.45. The van der Waals surface area contributed by atoms with E-state index in [1.165, 1.54) is 70.6 Å². The Hall–Kier alpha value is -2.11. The summed E-state index contributed by atoms with van der Waals surface area (Å²) in [5, 5.41) is 2.76. The Kier molecular flexibility index (Phi) is 17.1. The molecule has 0 aliphatic rings. The molecule has 0 saturated carbocycles. The van der Waals surface area contributed by atoms with Gasteiger partial charge >= 0.3 is 0 Å². The largest absolute Gasteiger partial charge is 0.478 e. The van der Waals surface area contributed by atoms with Gasteiger partial charge in [0.15, 0.2) is 0 Å². The molecule has 1 amide bonds. The van der Waals surface area contributed by atoms with Gasteiger partial charge in [0.2, 0.25) is 23.6 Å². The molecule has 0 unspecified atom stereocenters. The van der Waals surface area contributed by atoms with Crippen LogP contribution in [0.4, 0.5) is 5.95 Å². The molecule has 6 heteroatoms. The number of carbonyl (C=O) groups is 1. The zero-order chi connectivity index (χ0) is 23.3. The highest BCUT2D eigenvalue weighted by atomic mass is 16.5. The summed E-state index contributed by atoms with van der Waals surface area (Å²) in [6, 6.07) is 1.63. The molecule has 1 rings (SSSR count). The van der Waals surface area contributed by atoms with Crippen molar-refractivity contribution in [3.05, 3.63) is 18.2 Å². The molecule has 0 atom stereocenters. The maximum atomic E-state index is 12.2. The number of nitrogens with zero attached hydrogens (tertiary/aromatic N) is 2. The molecule has 0 aromatic carbocycles. The summed E-state index contributed by atoms with van der Waals surface area (Å²) in [7, 11) is 0. The SMILES string of the molecule is CCCCCCCC/C=C\CCCCCCCC(=O)Nc1nc(OCC)cc(OCC)n1. The molecule has 6 nitrogen and oxygen atoms in total. The van der Waals surface area contributed by atoms with Crippen molar-refractivity contribution < 1.29 is 14.3 Å². The van der Waals surface area contributed by atoms with Crippen molar-refractivity contribution in [2.45, 2.75) is 111 Å². The van der Waals surface area contributed by atoms with E-state index in [1.807, 2.05) is 13.8 Å². The van der Waals surface area contributed by atoms with Crippen LogP contribution in [0.15, 0.2) is 18.2 Å². The highest BCUT2D eigenvalue weighted by Gasteiger charge is 2.09. The van der Waals surface area contributed by atoms with Gasteiger partial charge in [0, 0.05) is 6.42 Å². The fraction of sp³-hybridized carbons (Fsp3) is 0.731. The molecule has 0 aliphatic carbocycles. The van der Waals surface area contributed by atoms with Crippen LogP contribution >= 0.6 is 0 Å². The van der Waals surface area contributed by atoms with Gasteiger partial charge in [-0.15, -0.1) is 0 Å². The van der Waals surface area contributed by atoms with Crippen LogP contribution in [0.2, 0.25) is 0 Å². The second-order valence-electron chi connectivity index (χ2n) is 8.12. The third-order valence-corrected chi connectivity index (χ3v) is 5.18. The third-order valence-electron chi connectivity index (χ3n) is 5.18. The molecular weight excluding hydrogens is 402 g/mol. The zero-order valence-corrected chi connectivity index (χ0v) is 20.7. The van der Waals surface area contributed by atoms with E-state index in [9.17, 15) is 4.79 Å². The number of allylic oxidation sites excluding steroid dienone is 2. The van der Waals surface area contributed by atoms with Crippen molar-refractivity contribution in [1.82, 2.24) is 9.97 Å². The minimum Gasteiger partial charge on any atom is -0.478 e. The van der Waals surface area contributed by atoms with Gasteiger partial charge in [-0.1, -0.05) is 70.4 Å². The Morgan fingerprint density at radius 1 is 0.781 bits per heavy atom. The molecule has 0 saturated heterocycles.